The van der Waals surface area contributed by atoms with Crippen molar-refractivity contribution in [2.75, 3.05) is 12.3 Å². The third-order valence-corrected chi connectivity index (χ3v) is 2.66. The molecule has 0 aliphatic heterocycles. The van der Waals surface area contributed by atoms with Crippen LogP contribution in [0.25, 0.3) is 0 Å². The smallest absolute Gasteiger partial charge is 0.340 e. The van der Waals surface area contributed by atoms with Gasteiger partial charge in [-0.1, -0.05) is 31.9 Å². The van der Waals surface area contributed by atoms with Crippen LogP contribution in [0.4, 0.5) is 5.69 Å². The van der Waals surface area contributed by atoms with E-state index in [1.54, 1.807) is 18.2 Å². The maximum absolute atomic E-state index is 11.7. The minimum absolute atomic E-state index is 0.349. The highest BCUT2D eigenvalue weighted by Crippen LogP contribution is 2.19. The molecule has 0 radical (unpaired) electrons. The van der Waals surface area contributed by atoms with E-state index in [2.05, 4.69) is 6.92 Å². The van der Waals surface area contributed by atoms with Crippen LogP contribution in [0, 0.1) is 5.92 Å². The van der Waals surface area contributed by atoms with Gasteiger partial charge in [-0.3, -0.25) is 0 Å². The van der Waals surface area contributed by atoms with Crippen molar-refractivity contribution in [3.63, 3.8) is 0 Å². The molecular weight excluding hydrogens is 226 g/mol. The fraction of sp³-hybridized carbons (Fsp3) is 0.417. The Kier molecular flexibility index (Phi) is 4.62. The molecule has 1 aromatic rings. The minimum Gasteiger partial charge on any atom is -0.462 e. The molecule has 1 atom stereocenters. The molecule has 1 rings (SSSR count). The van der Waals surface area contributed by atoms with Crippen LogP contribution < -0.4 is 5.73 Å². The van der Waals surface area contributed by atoms with Crippen molar-refractivity contribution in [1.29, 1.82) is 0 Å². The summed E-state index contributed by atoms with van der Waals surface area (Å²) in [5.74, 6) is -0.0352. The van der Waals surface area contributed by atoms with E-state index in [4.69, 9.17) is 22.1 Å². The van der Waals surface area contributed by atoms with Crippen molar-refractivity contribution in [2.24, 2.45) is 5.92 Å². The molecule has 0 heterocycles. The second-order valence-corrected chi connectivity index (χ2v) is 4.28. The lowest BCUT2D eigenvalue weighted by Crippen LogP contribution is -2.13. The molecule has 3 nitrogen and oxygen atoms in total. The monoisotopic (exact) mass is 241 g/mol. The van der Waals surface area contributed by atoms with Gasteiger partial charge in [0.15, 0.2) is 0 Å². The van der Waals surface area contributed by atoms with Gasteiger partial charge in [0.05, 0.1) is 12.2 Å². The summed E-state index contributed by atoms with van der Waals surface area (Å²) in [6, 6.07) is 4.75. The number of ether oxygens (including phenoxy) is 1. The zero-order valence-electron chi connectivity index (χ0n) is 9.50. The van der Waals surface area contributed by atoms with Gasteiger partial charge in [0.1, 0.15) is 0 Å². The van der Waals surface area contributed by atoms with Crippen LogP contribution in [0.3, 0.4) is 0 Å². The Balaban J connectivity index is 2.66. The third-order valence-electron chi connectivity index (χ3n) is 2.43. The van der Waals surface area contributed by atoms with Gasteiger partial charge < -0.3 is 10.5 Å². The number of nitrogens with two attached hydrogens (primary N) is 1. The number of carbonyl (C=O) groups is 1. The van der Waals surface area contributed by atoms with Gasteiger partial charge in [-0.15, -0.1) is 0 Å². The first-order valence-corrected chi connectivity index (χ1v) is 5.64. The lowest BCUT2D eigenvalue weighted by Gasteiger charge is -2.10. The third kappa shape index (κ3) is 3.42. The second kappa shape index (κ2) is 5.75. The minimum atomic E-state index is -0.394. The predicted molar refractivity (Wildman–Crippen MR) is 65.6 cm³/mol. The van der Waals surface area contributed by atoms with E-state index in [1.807, 2.05) is 6.92 Å². The Morgan fingerprint density at radius 2 is 2.25 bits per heavy atom. The zero-order chi connectivity index (χ0) is 12.1. The number of esters is 1. The first-order valence-electron chi connectivity index (χ1n) is 5.26. The molecule has 1 unspecified atom stereocenters. The number of rotatable bonds is 4. The highest BCUT2D eigenvalue weighted by molar-refractivity contribution is 6.31. The van der Waals surface area contributed by atoms with Crippen molar-refractivity contribution >= 4 is 23.3 Å². The summed E-state index contributed by atoms with van der Waals surface area (Å²) in [6.07, 6.45) is 0.976. The number of hydrogen-bond donors (Lipinski definition) is 1. The Hall–Kier alpha value is -1.22. The van der Waals surface area contributed by atoms with E-state index in [1.165, 1.54) is 0 Å². The number of anilines is 1. The highest BCUT2D eigenvalue weighted by atomic mass is 35.5. The molecule has 0 saturated carbocycles. The molecule has 0 fully saturated rings. The van der Waals surface area contributed by atoms with Crippen molar-refractivity contribution in [2.45, 2.75) is 20.3 Å². The predicted octanol–water partition coefficient (Wildman–Crippen LogP) is 3.13. The molecule has 0 aliphatic rings. The van der Waals surface area contributed by atoms with Crippen molar-refractivity contribution < 1.29 is 9.53 Å². The number of hydrogen-bond acceptors (Lipinski definition) is 3. The lowest BCUT2D eigenvalue weighted by atomic mass is 10.1. The first-order chi connectivity index (χ1) is 7.54. The number of carbonyl (C=O) groups excluding carboxylic acids is 1. The zero-order valence-corrected chi connectivity index (χ0v) is 10.3. The van der Waals surface area contributed by atoms with E-state index in [0.717, 1.165) is 6.42 Å². The molecule has 0 aromatic heterocycles. The largest absolute Gasteiger partial charge is 0.462 e. The summed E-state index contributed by atoms with van der Waals surface area (Å²) in [7, 11) is 0. The van der Waals surface area contributed by atoms with E-state index in [9.17, 15) is 4.79 Å². The van der Waals surface area contributed by atoms with Crippen LogP contribution in [0.1, 0.15) is 30.6 Å². The van der Waals surface area contributed by atoms with Crippen molar-refractivity contribution in [3.05, 3.63) is 28.8 Å². The number of halogens is 1. The van der Waals surface area contributed by atoms with Gasteiger partial charge in [0.2, 0.25) is 0 Å². The molecular formula is C12H16ClNO2. The fourth-order valence-corrected chi connectivity index (χ4v) is 1.31. The van der Waals surface area contributed by atoms with Crippen LogP contribution in [0.2, 0.25) is 5.02 Å². The van der Waals surface area contributed by atoms with Crippen LogP contribution in [-0.4, -0.2) is 12.6 Å². The van der Waals surface area contributed by atoms with E-state index >= 15 is 0 Å². The first kappa shape index (κ1) is 12.8. The van der Waals surface area contributed by atoms with E-state index in [-0.39, 0.29) is 0 Å². The molecule has 16 heavy (non-hydrogen) atoms. The molecule has 0 saturated heterocycles. The Bertz CT molecular complexity index is 379. The summed E-state index contributed by atoms with van der Waals surface area (Å²) in [5.41, 5.74) is 6.39. The molecule has 0 bridgehead atoms. The van der Waals surface area contributed by atoms with Crippen LogP contribution in [-0.2, 0) is 4.74 Å². The average molecular weight is 242 g/mol. The van der Waals surface area contributed by atoms with Gasteiger partial charge in [0.25, 0.3) is 0 Å². The lowest BCUT2D eigenvalue weighted by molar-refractivity contribution is 0.0448. The average Bonchev–Trinajstić information content (AvgIpc) is 2.25. The van der Waals surface area contributed by atoms with Crippen molar-refractivity contribution in [1.82, 2.24) is 0 Å². The van der Waals surface area contributed by atoms with Gasteiger partial charge in [-0.2, -0.15) is 0 Å². The van der Waals surface area contributed by atoms with Gasteiger partial charge in [-0.25, -0.2) is 4.79 Å². The topological polar surface area (TPSA) is 52.3 Å². The van der Waals surface area contributed by atoms with Crippen molar-refractivity contribution in [3.8, 4) is 0 Å². The normalized spacial score (nSPS) is 12.2. The van der Waals surface area contributed by atoms with Crippen LogP contribution in [0.15, 0.2) is 18.2 Å². The highest BCUT2D eigenvalue weighted by Gasteiger charge is 2.12. The SMILES string of the molecule is CCC(C)COC(=O)c1ccc(Cl)cc1N. The number of nitrogen functional groups attached to an aromatic ring is 1. The fourth-order valence-electron chi connectivity index (χ4n) is 1.13. The molecule has 0 aliphatic carbocycles. The summed E-state index contributed by atoms with van der Waals surface area (Å²) in [4.78, 5) is 11.7. The van der Waals surface area contributed by atoms with E-state index in [0.29, 0.717) is 28.8 Å². The molecule has 0 amide bonds. The molecule has 2 N–H and O–H groups in total. The maximum Gasteiger partial charge on any atom is 0.340 e. The van der Waals surface area contributed by atoms with Gasteiger partial charge in [0, 0.05) is 10.7 Å². The Labute approximate surface area is 101 Å². The Morgan fingerprint density at radius 3 is 2.81 bits per heavy atom. The van der Waals surface area contributed by atoms with Crippen LogP contribution >= 0.6 is 11.6 Å². The Morgan fingerprint density at radius 1 is 1.56 bits per heavy atom. The molecule has 1 aromatic carbocycles. The van der Waals surface area contributed by atoms with E-state index < -0.39 is 5.97 Å². The van der Waals surface area contributed by atoms with Gasteiger partial charge in [-0.05, 0) is 24.1 Å². The summed E-state index contributed by atoms with van der Waals surface area (Å²) < 4.78 is 5.14. The molecule has 88 valence electrons. The second-order valence-electron chi connectivity index (χ2n) is 3.84. The summed E-state index contributed by atoms with van der Waals surface area (Å²) in [6.45, 7) is 4.49. The standard InChI is InChI=1S/C12H16ClNO2/c1-3-8(2)7-16-12(15)10-5-4-9(13)6-11(10)14/h4-6,8H,3,7,14H2,1-2H3. The maximum atomic E-state index is 11.7. The van der Waals surface area contributed by atoms with Crippen LogP contribution in [0.5, 0.6) is 0 Å². The molecule has 0 spiro atoms. The quantitative estimate of drug-likeness (QED) is 0.651. The molecule has 4 heteroatoms. The summed E-state index contributed by atoms with van der Waals surface area (Å²) >= 11 is 5.74. The van der Waals surface area contributed by atoms with Gasteiger partial charge >= 0.3 is 5.97 Å². The summed E-state index contributed by atoms with van der Waals surface area (Å²) in [5, 5.41) is 0.510. The number of benzene rings is 1.